The van der Waals surface area contributed by atoms with Crippen LogP contribution in [0, 0.1) is 0 Å². The number of esters is 2. The molecular weight excluding hydrogens is 228 g/mol. The molecule has 0 radical (unpaired) electrons. The van der Waals surface area contributed by atoms with Gasteiger partial charge in [-0.25, -0.2) is 0 Å². The quantitative estimate of drug-likeness (QED) is 0.405. The second-order valence-corrected chi connectivity index (χ2v) is 4.19. The largest absolute Gasteiger partial charge is 0.469 e. The SMILES string of the molecule is COC(=O)CCCCCCC(S)C(=O)OC. The number of hydrogen-bond acceptors (Lipinski definition) is 5. The Morgan fingerprint density at radius 2 is 1.69 bits per heavy atom. The van der Waals surface area contributed by atoms with Crippen LogP contribution in [0.25, 0.3) is 0 Å². The Bertz CT molecular complexity index is 218. The zero-order valence-electron chi connectivity index (χ0n) is 9.90. The highest BCUT2D eigenvalue weighted by atomic mass is 32.1. The highest BCUT2D eigenvalue weighted by Crippen LogP contribution is 2.12. The Hall–Kier alpha value is -0.710. The zero-order chi connectivity index (χ0) is 12.4. The third-order valence-electron chi connectivity index (χ3n) is 2.31. The van der Waals surface area contributed by atoms with Gasteiger partial charge in [0.15, 0.2) is 0 Å². The average Bonchev–Trinajstić information content (AvgIpc) is 2.31. The van der Waals surface area contributed by atoms with E-state index >= 15 is 0 Å². The van der Waals surface area contributed by atoms with E-state index in [0.717, 1.165) is 25.7 Å². The van der Waals surface area contributed by atoms with Crippen molar-refractivity contribution in [3.05, 3.63) is 0 Å². The minimum atomic E-state index is -0.328. The second kappa shape index (κ2) is 9.51. The Labute approximate surface area is 102 Å². The first-order valence-corrected chi connectivity index (χ1v) is 5.96. The van der Waals surface area contributed by atoms with Gasteiger partial charge in [-0.15, -0.1) is 0 Å². The number of thiol groups is 1. The molecule has 1 atom stereocenters. The summed E-state index contributed by atoms with van der Waals surface area (Å²) in [5, 5.41) is -0.328. The van der Waals surface area contributed by atoms with Gasteiger partial charge in [0.1, 0.15) is 0 Å². The molecule has 4 nitrogen and oxygen atoms in total. The molecule has 1 unspecified atom stereocenters. The van der Waals surface area contributed by atoms with E-state index in [2.05, 4.69) is 22.1 Å². The fourth-order valence-electron chi connectivity index (χ4n) is 1.32. The predicted octanol–water partition coefficient (Wildman–Crippen LogP) is 1.97. The van der Waals surface area contributed by atoms with Crippen molar-refractivity contribution >= 4 is 24.6 Å². The molecule has 0 aliphatic carbocycles. The van der Waals surface area contributed by atoms with Gasteiger partial charge in [-0.1, -0.05) is 19.3 Å². The molecule has 0 heterocycles. The van der Waals surface area contributed by atoms with Crippen molar-refractivity contribution in [3.8, 4) is 0 Å². The van der Waals surface area contributed by atoms with Gasteiger partial charge in [0.2, 0.25) is 0 Å². The number of carbonyl (C=O) groups is 2. The molecule has 0 fully saturated rings. The molecule has 0 aliphatic rings. The standard InChI is InChI=1S/C11H20O4S/c1-14-10(12)8-6-4-3-5-7-9(16)11(13)15-2/h9,16H,3-8H2,1-2H3. The van der Waals surface area contributed by atoms with Crippen molar-refractivity contribution < 1.29 is 19.1 Å². The third-order valence-corrected chi connectivity index (χ3v) is 2.78. The molecule has 0 aromatic rings. The summed E-state index contributed by atoms with van der Waals surface area (Å²) in [7, 11) is 2.76. The molecule has 0 N–H and O–H groups in total. The molecule has 0 rings (SSSR count). The number of methoxy groups -OCH3 is 2. The van der Waals surface area contributed by atoms with Gasteiger partial charge in [0, 0.05) is 6.42 Å². The normalized spacial score (nSPS) is 11.9. The smallest absolute Gasteiger partial charge is 0.318 e. The fraction of sp³-hybridized carbons (Fsp3) is 0.818. The maximum atomic E-state index is 11.0. The van der Waals surface area contributed by atoms with E-state index in [0.29, 0.717) is 12.8 Å². The lowest BCUT2D eigenvalue weighted by molar-refractivity contribution is -0.141. The molecule has 5 heteroatoms. The number of rotatable bonds is 8. The minimum absolute atomic E-state index is 0.165. The average molecular weight is 248 g/mol. The molecule has 0 saturated heterocycles. The molecule has 0 bridgehead atoms. The molecule has 0 aromatic carbocycles. The first-order chi connectivity index (χ1) is 7.61. The van der Waals surface area contributed by atoms with Crippen LogP contribution in [0.15, 0.2) is 0 Å². The Balaban J connectivity index is 3.33. The summed E-state index contributed by atoms with van der Waals surface area (Å²) in [6, 6.07) is 0. The van der Waals surface area contributed by atoms with E-state index in [9.17, 15) is 9.59 Å². The molecule has 0 amide bonds. The lowest BCUT2D eigenvalue weighted by Crippen LogP contribution is -2.15. The van der Waals surface area contributed by atoms with E-state index in [1.807, 2.05) is 0 Å². The maximum absolute atomic E-state index is 11.0. The van der Waals surface area contributed by atoms with Crippen molar-refractivity contribution in [2.24, 2.45) is 0 Å². The van der Waals surface area contributed by atoms with Crippen molar-refractivity contribution in [1.82, 2.24) is 0 Å². The van der Waals surface area contributed by atoms with E-state index in [1.54, 1.807) is 0 Å². The van der Waals surface area contributed by atoms with Crippen LogP contribution in [0.2, 0.25) is 0 Å². The summed E-state index contributed by atoms with van der Waals surface area (Å²) >= 11 is 4.13. The summed E-state index contributed by atoms with van der Waals surface area (Å²) in [6.07, 6.45) is 4.90. The molecule has 0 spiro atoms. The molecule has 16 heavy (non-hydrogen) atoms. The first-order valence-electron chi connectivity index (χ1n) is 5.44. The van der Waals surface area contributed by atoms with Crippen LogP contribution >= 0.6 is 12.6 Å². The van der Waals surface area contributed by atoms with E-state index in [-0.39, 0.29) is 17.2 Å². The highest BCUT2D eigenvalue weighted by molar-refractivity contribution is 7.81. The van der Waals surface area contributed by atoms with Crippen molar-refractivity contribution in [2.45, 2.75) is 43.8 Å². The van der Waals surface area contributed by atoms with Gasteiger partial charge < -0.3 is 9.47 Å². The summed E-state index contributed by atoms with van der Waals surface area (Å²) in [5.41, 5.74) is 0. The monoisotopic (exact) mass is 248 g/mol. The van der Waals surface area contributed by atoms with E-state index < -0.39 is 0 Å². The Morgan fingerprint density at radius 1 is 1.06 bits per heavy atom. The third kappa shape index (κ3) is 7.56. The van der Waals surface area contributed by atoms with Gasteiger partial charge in [0.25, 0.3) is 0 Å². The van der Waals surface area contributed by atoms with Crippen LogP contribution in [-0.4, -0.2) is 31.4 Å². The van der Waals surface area contributed by atoms with Crippen LogP contribution in [-0.2, 0) is 19.1 Å². The first kappa shape index (κ1) is 15.3. The second-order valence-electron chi connectivity index (χ2n) is 3.57. The summed E-state index contributed by atoms with van der Waals surface area (Å²) in [5.74, 6) is -0.445. The summed E-state index contributed by atoms with van der Waals surface area (Å²) in [6.45, 7) is 0. The number of carbonyl (C=O) groups excluding carboxylic acids is 2. The van der Waals surface area contributed by atoms with Gasteiger partial charge in [-0.05, 0) is 12.8 Å². The maximum Gasteiger partial charge on any atom is 0.318 e. The number of hydrogen-bond donors (Lipinski definition) is 1. The highest BCUT2D eigenvalue weighted by Gasteiger charge is 2.12. The van der Waals surface area contributed by atoms with Crippen LogP contribution in [0.1, 0.15) is 38.5 Å². The summed E-state index contributed by atoms with van der Waals surface area (Å²) in [4.78, 5) is 21.8. The van der Waals surface area contributed by atoms with Crippen molar-refractivity contribution in [1.29, 1.82) is 0 Å². The molecule has 94 valence electrons. The van der Waals surface area contributed by atoms with E-state index in [4.69, 9.17) is 0 Å². The lowest BCUT2D eigenvalue weighted by atomic mass is 10.1. The predicted molar refractivity (Wildman–Crippen MR) is 64.5 cm³/mol. The van der Waals surface area contributed by atoms with Gasteiger partial charge in [-0.3, -0.25) is 9.59 Å². The van der Waals surface area contributed by atoms with Gasteiger partial charge in [-0.2, -0.15) is 12.6 Å². The lowest BCUT2D eigenvalue weighted by Gasteiger charge is -2.07. The molecule has 0 aromatic heterocycles. The summed E-state index contributed by atoms with van der Waals surface area (Å²) < 4.78 is 9.09. The Morgan fingerprint density at radius 3 is 2.25 bits per heavy atom. The number of unbranched alkanes of at least 4 members (excludes halogenated alkanes) is 3. The molecule has 0 aliphatic heterocycles. The fourth-order valence-corrected chi connectivity index (χ4v) is 1.60. The number of ether oxygens (including phenoxy) is 2. The topological polar surface area (TPSA) is 52.6 Å². The molecular formula is C11H20O4S. The van der Waals surface area contributed by atoms with Crippen molar-refractivity contribution in [3.63, 3.8) is 0 Å². The van der Waals surface area contributed by atoms with E-state index in [1.165, 1.54) is 14.2 Å². The van der Waals surface area contributed by atoms with Gasteiger partial charge >= 0.3 is 11.9 Å². The Kier molecular flexibility index (Phi) is 9.09. The zero-order valence-corrected chi connectivity index (χ0v) is 10.8. The van der Waals surface area contributed by atoms with Crippen LogP contribution in [0.3, 0.4) is 0 Å². The van der Waals surface area contributed by atoms with Crippen LogP contribution in [0.4, 0.5) is 0 Å². The van der Waals surface area contributed by atoms with Crippen LogP contribution in [0.5, 0.6) is 0 Å². The van der Waals surface area contributed by atoms with Crippen molar-refractivity contribution in [2.75, 3.05) is 14.2 Å². The van der Waals surface area contributed by atoms with Gasteiger partial charge in [0.05, 0.1) is 19.5 Å². The molecule has 0 saturated carbocycles. The minimum Gasteiger partial charge on any atom is -0.469 e. The van der Waals surface area contributed by atoms with Crippen LogP contribution < -0.4 is 0 Å².